The van der Waals surface area contributed by atoms with Crippen molar-refractivity contribution in [1.82, 2.24) is 0 Å². The summed E-state index contributed by atoms with van der Waals surface area (Å²) < 4.78 is 5.73. The van der Waals surface area contributed by atoms with E-state index >= 15 is 0 Å². The van der Waals surface area contributed by atoms with E-state index in [9.17, 15) is 0 Å². The number of hydrogen-bond acceptors (Lipinski definition) is 3. The van der Waals surface area contributed by atoms with Gasteiger partial charge in [0.15, 0.2) is 0 Å². The zero-order chi connectivity index (χ0) is 12.8. The molecule has 2 aromatic rings. The minimum absolute atomic E-state index is 0.190. The first-order valence-corrected chi connectivity index (χ1v) is 7.03. The van der Waals surface area contributed by atoms with Crippen LogP contribution >= 0.6 is 11.3 Å². The Morgan fingerprint density at radius 1 is 1.06 bits per heavy atom. The highest BCUT2D eigenvalue weighted by atomic mass is 32.1. The fourth-order valence-corrected chi connectivity index (χ4v) is 2.60. The van der Waals surface area contributed by atoms with Gasteiger partial charge in [0.05, 0.1) is 0 Å². The molecule has 0 radical (unpaired) electrons. The molecule has 0 saturated heterocycles. The maximum Gasteiger partial charge on any atom is 0.122 e. The van der Waals surface area contributed by atoms with Gasteiger partial charge in [0.2, 0.25) is 0 Å². The molecule has 3 heteroatoms. The Morgan fingerprint density at radius 3 is 2.39 bits per heavy atom. The summed E-state index contributed by atoms with van der Waals surface area (Å²) in [5, 5.41) is 8.84. The molecule has 0 aliphatic carbocycles. The monoisotopic (exact) mass is 262 g/mol. The van der Waals surface area contributed by atoms with Gasteiger partial charge in [0.25, 0.3) is 0 Å². The van der Waals surface area contributed by atoms with Gasteiger partial charge in [-0.05, 0) is 42.7 Å². The second-order valence-electron chi connectivity index (χ2n) is 4.13. The van der Waals surface area contributed by atoms with E-state index < -0.39 is 0 Å². The summed E-state index contributed by atoms with van der Waals surface area (Å²) in [7, 11) is 0. The Balaban J connectivity index is 1.89. The number of aliphatic hydroxyl groups is 1. The molecule has 2 rings (SSSR count). The van der Waals surface area contributed by atoms with Gasteiger partial charge < -0.3 is 9.84 Å². The van der Waals surface area contributed by atoms with E-state index in [0.717, 1.165) is 17.7 Å². The van der Waals surface area contributed by atoms with Crippen LogP contribution in [0.15, 0.2) is 36.4 Å². The van der Waals surface area contributed by atoms with Crippen molar-refractivity contribution >= 4 is 11.3 Å². The Labute approximate surface area is 112 Å². The van der Waals surface area contributed by atoms with Crippen LogP contribution in [0.3, 0.4) is 0 Å². The smallest absolute Gasteiger partial charge is 0.122 e. The van der Waals surface area contributed by atoms with Gasteiger partial charge in [-0.3, -0.25) is 0 Å². The third-order valence-corrected chi connectivity index (χ3v) is 3.97. The topological polar surface area (TPSA) is 29.5 Å². The second kappa shape index (κ2) is 6.57. The molecule has 1 heterocycles. The number of aryl methyl sites for hydroxylation is 1. The molecule has 1 aromatic carbocycles. The molecule has 1 aromatic heterocycles. The van der Waals surface area contributed by atoms with Crippen molar-refractivity contribution in [3.63, 3.8) is 0 Å². The van der Waals surface area contributed by atoms with Gasteiger partial charge >= 0.3 is 0 Å². The Hall–Kier alpha value is -1.32. The largest absolute Gasteiger partial charge is 0.488 e. The van der Waals surface area contributed by atoms with Gasteiger partial charge in [-0.15, -0.1) is 11.3 Å². The maximum atomic E-state index is 8.84. The molecule has 18 heavy (non-hydrogen) atoms. The standard InChI is InChI=1S/C15H18O2S/c1-2-14-7-8-15(18-14)11-17-13-5-3-12(4-6-13)9-10-16/h3-8,16H,2,9-11H2,1H3. The number of benzene rings is 1. The summed E-state index contributed by atoms with van der Waals surface area (Å²) in [4.78, 5) is 2.65. The molecule has 96 valence electrons. The number of thiophene rings is 1. The van der Waals surface area contributed by atoms with Gasteiger partial charge in [0.1, 0.15) is 12.4 Å². The lowest BCUT2D eigenvalue weighted by Crippen LogP contribution is -1.94. The molecule has 0 fully saturated rings. The summed E-state index contributed by atoms with van der Waals surface area (Å²) >= 11 is 1.81. The van der Waals surface area contributed by atoms with Crippen molar-refractivity contribution in [2.75, 3.05) is 6.61 Å². The zero-order valence-electron chi connectivity index (χ0n) is 10.6. The van der Waals surface area contributed by atoms with Crippen LogP contribution in [-0.4, -0.2) is 11.7 Å². The SMILES string of the molecule is CCc1ccc(COc2ccc(CCO)cc2)s1. The highest BCUT2D eigenvalue weighted by Gasteiger charge is 2.00. The van der Waals surface area contributed by atoms with E-state index in [1.54, 1.807) is 11.3 Å². The van der Waals surface area contributed by atoms with Crippen LogP contribution in [-0.2, 0) is 19.4 Å². The first-order valence-electron chi connectivity index (χ1n) is 6.22. The summed E-state index contributed by atoms with van der Waals surface area (Å²) in [6, 6.07) is 12.2. The maximum absolute atomic E-state index is 8.84. The van der Waals surface area contributed by atoms with Gasteiger partial charge in [-0.1, -0.05) is 19.1 Å². The third-order valence-electron chi connectivity index (χ3n) is 2.77. The van der Waals surface area contributed by atoms with Gasteiger partial charge in [0, 0.05) is 16.4 Å². The molecule has 0 bridgehead atoms. The van der Waals surface area contributed by atoms with E-state index in [4.69, 9.17) is 9.84 Å². The van der Waals surface area contributed by atoms with Crippen molar-refractivity contribution in [1.29, 1.82) is 0 Å². The highest BCUT2D eigenvalue weighted by Crippen LogP contribution is 2.20. The molecular weight excluding hydrogens is 244 g/mol. The van der Waals surface area contributed by atoms with Crippen molar-refractivity contribution in [2.24, 2.45) is 0 Å². The highest BCUT2D eigenvalue weighted by molar-refractivity contribution is 7.11. The molecule has 0 amide bonds. The fourth-order valence-electron chi connectivity index (χ4n) is 1.73. The minimum atomic E-state index is 0.190. The molecule has 0 spiro atoms. The van der Waals surface area contributed by atoms with Crippen LogP contribution in [0.5, 0.6) is 5.75 Å². The summed E-state index contributed by atoms with van der Waals surface area (Å²) in [5.41, 5.74) is 1.13. The lowest BCUT2D eigenvalue weighted by atomic mass is 10.1. The quantitative estimate of drug-likeness (QED) is 0.864. The van der Waals surface area contributed by atoms with E-state index in [1.807, 2.05) is 24.3 Å². The van der Waals surface area contributed by atoms with E-state index in [1.165, 1.54) is 9.75 Å². The minimum Gasteiger partial charge on any atom is -0.488 e. The van der Waals surface area contributed by atoms with E-state index in [-0.39, 0.29) is 6.61 Å². The number of ether oxygens (including phenoxy) is 1. The summed E-state index contributed by atoms with van der Waals surface area (Å²) in [6.45, 7) is 2.98. The molecular formula is C15H18O2S. The van der Waals surface area contributed by atoms with Crippen LogP contribution in [0, 0.1) is 0 Å². The number of aliphatic hydroxyl groups excluding tert-OH is 1. The average molecular weight is 262 g/mol. The van der Waals surface area contributed by atoms with Crippen LogP contribution in [0.4, 0.5) is 0 Å². The molecule has 0 saturated carbocycles. The summed E-state index contributed by atoms with van der Waals surface area (Å²) in [5.74, 6) is 0.878. The molecule has 0 aliphatic heterocycles. The Kier molecular flexibility index (Phi) is 4.79. The summed E-state index contributed by atoms with van der Waals surface area (Å²) in [6.07, 6.45) is 1.78. The zero-order valence-corrected chi connectivity index (χ0v) is 11.4. The molecule has 1 N–H and O–H groups in total. The van der Waals surface area contributed by atoms with E-state index in [2.05, 4.69) is 19.1 Å². The van der Waals surface area contributed by atoms with Crippen LogP contribution in [0.2, 0.25) is 0 Å². The number of hydrogen-bond donors (Lipinski definition) is 1. The number of rotatable bonds is 6. The lowest BCUT2D eigenvalue weighted by molar-refractivity contribution is 0.298. The fraction of sp³-hybridized carbons (Fsp3) is 0.333. The Morgan fingerprint density at radius 2 is 1.78 bits per heavy atom. The molecule has 0 aliphatic rings. The van der Waals surface area contributed by atoms with Crippen molar-refractivity contribution in [2.45, 2.75) is 26.4 Å². The van der Waals surface area contributed by atoms with Crippen molar-refractivity contribution in [3.05, 3.63) is 51.7 Å². The molecule has 0 unspecified atom stereocenters. The van der Waals surface area contributed by atoms with Crippen LogP contribution in [0.25, 0.3) is 0 Å². The van der Waals surface area contributed by atoms with Gasteiger partial charge in [-0.25, -0.2) is 0 Å². The van der Waals surface area contributed by atoms with Crippen LogP contribution < -0.4 is 4.74 Å². The molecule has 0 atom stereocenters. The third kappa shape index (κ3) is 3.59. The van der Waals surface area contributed by atoms with Crippen molar-refractivity contribution < 1.29 is 9.84 Å². The average Bonchev–Trinajstić information content (AvgIpc) is 2.86. The predicted molar refractivity (Wildman–Crippen MR) is 75.3 cm³/mol. The Bertz CT molecular complexity index is 473. The van der Waals surface area contributed by atoms with Crippen molar-refractivity contribution in [3.8, 4) is 5.75 Å². The first kappa shape index (κ1) is 13.1. The predicted octanol–water partition coefficient (Wildman–Crippen LogP) is 3.42. The normalized spacial score (nSPS) is 10.6. The second-order valence-corrected chi connectivity index (χ2v) is 5.38. The van der Waals surface area contributed by atoms with E-state index in [0.29, 0.717) is 13.0 Å². The lowest BCUT2D eigenvalue weighted by Gasteiger charge is -2.05. The van der Waals surface area contributed by atoms with Crippen LogP contribution in [0.1, 0.15) is 22.2 Å². The van der Waals surface area contributed by atoms with Gasteiger partial charge in [-0.2, -0.15) is 0 Å². The first-order chi connectivity index (χ1) is 8.81. The molecule has 2 nitrogen and oxygen atoms in total.